The Morgan fingerprint density at radius 1 is 1.38 bits per heavy atom. The third-order valence-corrected chi connectivity index (χ3v) is 3.59. The van der Waals surface area contributed by atoms with Crippen molar-refractivity contribution in [2.24, 2.45) is 11.7 Å². The van der Waals surface area contributed by atoms with E-state index in [1.54, 1.807) is 11.0 Å². The maximum absolute atomic E-state index is 12.2. The first-order valence-corrected chi connectivity index (χ1v) is 7.45. The van der Waals surface area contributed by atoms with Crippen LogP contribution in [0.25, 0.3) is 0 Å². The van der Waals surface area contributed by atoms with Gasteiger partial charge in [0.15, 0.2) is 0 Å². The van der Waals surface area contributed by atoms with E-state index in [2.05, 4.69) is 5.32 Å². The van der Waals surface area contributed by atoms with Gasteiger partial charge in [-0.3, -0.25) is 9.59 Å². The molecule has 114 valence electrons. The molecule has 1 aliphatic rings. The number of anilines is 2. The van der Waals surface area contributed by atoms with Crippen molar-refractivity contribution in [3.05, 3.63) is 24.3 Å². The summed E-state index contributed by atoms with van der Waals surface area (Å²) >= 11 is 0. The predicted molar refractivity (Wildman–Crippen MR) is 84.1 cm³/mol. The average Bonchev–Trinajstić information content (AvgIpc) is 2.84. The van der Waals surface area contributed by atoms with Gasteiger partial charge in [0.1, 0.15) is 0 Å². The second-order valence-corrected chi connectivity index (χ2v) is 5.89. The number of carbonyl (C=O) groups excluding carboxylic acids is 2. The van der Waals surface area contributed by atoms with Gasteiger partial charge in [0.25, 0.3) is 0 Å². The number of hydrogen-bond donors (Lipinski definition) is 2. The van der Waals surface area contributed by atoms with Gasteiger partial charge in [-0.05, 0) is 30.9 Å². The number of hydrogen-bond acceptors (Lipinski definition) is 3. The molecule has 1 unspecified atom stereocenters. The molecule has 5 heteroatoms. The van der Waals surface area contributed by atoms with Gasteiger partial charge in [0.05, 0.1) is 17.4 Å². The molecule has 0 bridgehead atoms. The molecule has 0 aromatic heterocycles. The molecule has 2 rings (SSSR count). The monoisotopic (exact) mass is 289 g/mol. The first-order valence-electron chi connectivity index (χ1n) is 7.45. The number of nitrogens with two attached hydrogens (primary N) is 1. The van der Waals surface area contributed by atoms with Crippen molar-refractivity contribution in [2.75, 3.05) is 16.8 Å². The summed E-state index contributed by atoms with van der Waals surface area (Å²) in [7, 11) is 0. The standard InChI is InChI=1S/C16H23N3O2/c1-11(2)10-12(17)16(21)18-13-6-3-4-7-14(13)19-9-5-8-15(19)20/h3-4,6-7,11-12H,5,8-10,17H2,1-2H3,(H,18,21). The smallest absolute Gasteiger partial charge is 0.241 e. The van der Waals surface area contributed by atoms with Crippen LogP contribution >= 0.6 is 0 Å². The van der Waals surface area contributed by atoms with Crippen LogP contribution in [-0.2, 0) is 9.59 Å². The number of nitrogens with zero attached hydrogens (tertiary/aromatic N) is 1. The third-order valence-electron chi connectivity index (χ3n) is 3.59. The van der Waals surface area contributed by atoms with E-state index in [4.69, 9.17) is 5.73 Å². The van der Waals surface area contributed by atoms with E-state index >= 15 is 0 Å². The molecule has 1 aliphatic heterocycles. The molecule has 21 heavy (non-hydrogen) atoms. The Hall–Kier alpha value is -1.88. The lowest BCUT2D eigenvalue weighted by atomic mass is 10.0. The van der Waals surface area contributed by atoms with Gasteiger partial charge in [-0.25, -0.2) is 0 Å². The van der Waals surface area contributed by atoms with E-state index < -0.39 is 6.04 Å². The number of para-hydroxylation sites is 2. The molecule has 0 radical (unpaired) electrons. The fourth-order valence-electron chi connectivity index (χ4n) is 2.56. The van der Waals surface area contributed by atoms with E-state index in [-0.39, 0.29) is 11.8 Å². The zero-order chi connectivity index (χ0) is 15.4. The van der Waals surface area contributed by atoms with E-state index in [0.29, 0.717) is 31.0 Å². The van der Waals surface area contributed by atoms with E-state index in [1.165, 1.54) is 0 Å². The fourth-order valence-corrected chi connectivity index (χ4v) is 2.56. The highest BCUT2D eigenvalue weighted by Gasteiger charge is 2.25. The van der Waals surface area contributed by atoms with E-state index in [1.807, 2.05) is 32.0 Å². The van der Waals surface area contributed by atoms with Crippen LogP contribution in [-0.4, -0.2) is 24.4 Å². The van der Waals surface area contributed by atoms with Crippen molar-refractivity contribution >= 4 is 23.2 Å². The van der Waals surface area contributed by atoms with Crippen LogP contribution in [0.5, 0.6) is 0 Å². The Kier molecular flexibility index (Phi) is 4.96. The lowest BCUT2D eigenvalue weighted by molar-refractivity contribution is -0.118. The second kappa shape index (κ2) is 6.72. The van der Waals surface area contributed by atoms with Crippen LogP contribution in [0, 0.1) is 5.92 Å². The highest BCUT2D eigenvalue weighted by molar-refractivity contribution is 6.03. The molecular weight excluding hydrogens is 266 g/mol. The third kappa shape index (κ3) is 3.82. The molecule has 1 saturated heterocycles. The van der Waals surface area contributed by atoms with Crippen molar-refractivity contribution in [3.8, 4) is 0 Å². The Morgan fingerprint density at radius 2 is 2.10 bits per heavy atom. The molecule has 1 fully saturated rings. The Labute approximate surface area is 125 Å². The normalized spacial score (nSPS) is 16.4. The maximum Gasteiger partial charge on any atom is 0.241 e. The fraction of sp³-hybridized carbons (Fsp3) is 0.500. The highest BCUT2D eigenvalue weighted by atomic mass is 16.2. The lowest BCUT2D eigenvalue weighted by Gasteiger charge is -2.21. The number of rotatable bonds is 5. The van der Waals surface area contributed by atoms with Gasteiger partial charge in [-0.2, -0.15) is 0 Å². The molecule has 0 saturated carbocycles. The van der Waals surface area contributed by atoms with Crippen molar-refractivity contribution in [1.82, 2.24) is 0 Å². The first-order chi connectivity index (χ1) is 9.99. The molecule has 2 amide bonds. The van der Waals surface area contributed by atoms with Crippen molar-refractivity contribution in [3.63, 3.8) is 0 Å². The summed E-state index contributed by atoms with van der Waals surface area (Å²) in [5, 5.41) is 2.86. The first kappa shape index (κ1) is 15.5. The van der Waals surface area contributed by atoms with Gasteiger partial charge in [-0.1, -0.05) is 26.0 Å². The number of amides is 2. The minimum Gasteiger partial charge on any atom is -0.323 e. The van der Waals surface area contributed by atoms with Crippen LogP contribution in [0.4, 0.5) is 11.4 Å². The summed E-state index contributed by atoms with van der Waals surface area (Å²) in [4.78, 5) is 25.8. The summed E-state index contributed by atoms with van der Waals surface area (Å²) in [6.45, 7) is 4.76. The number of carbonyl (C=O) groups is 2. The SMILES string of the molecule is CC(C)CC(N)C(=O)Nc1ccccc1N1CCCC1=O. The summed E-state index contributed by atoms with van der Waals surface area (Å²) in [6.07, 6.45) is 2.06. The van der Waals surface area contributed by atoms with E-state index in [0.717, 1.165) is 12.1 Å². The topological polar surface area (TPSA) is 75.4 Å². The van der Waals surface area contributed by atoms with Crippen LogP contribution in [0.15, 0.2) is 24.3 Å². The van der Waals surface area contributed by atoms with Crippen molar-refractivity contribution in [1.29, 1.82) is 0 Å². The zero-order valence-electron chi connectivity index (χ0n) is 12.6. The van der Waals surface area contributed by atoms with Crippen LogP contribution in [0.2, 0.25) is 0 Å². The highest BCUT2D eigenvalue weighted by Crippen LogP contribution is 2.29. The minimum absolute atomic E-state index is 0.100. The molecule has 1 heterocycles. The van der Waals surface area contributed by atoms with Crippen LogP contribution < -0.4 is 16.0 Å². The second-order valence-electron chi connectivity index (χ2n) is 5.89. The minimum atomic E-state index is -0.535. The summed E-state index contributed by atoms with van der Waals surface area (Å²) in [5.74, 6) is 0.257. The quantitative estimate of drug-likeness (QED) is 0.872. The van der Waals surface area contributed by atoms with Crippen molar-refractivity contribution in [2.45, 2.75) is 39.2 Å². The molecule has 1 atom stereocenters. The Morgan fingerprint density at radius 3 is 2.71 bits per heavy atom. The van der Waals surface area contributed by atoms with E-state index in [9.17, 15) is 9.59 Å². The lowest BCUT2D eigenvalue weighted by Crippen LogP contribution is -2.37. The number of benzene rings is 1. The molecule has 1 aromatic rings. The molecule has 1 aromatic carbocycles. The largest absolute Gasteiger partial charge is 0.323 e. The average molecular weight is 289 g/mol. The van der Waals surface area contributed by atoms with Gasteiger partial charge in [0, 0.05) is 13.0 Å². The summed E-state index contributed by atoms with van der Waals surface area (Å²) < 4.78 is 0. The van der Waals surface area contributed by atoms with Gasteiger partial charge in [-0.15, -0.1) is 0 Å². The summed E-state index contributed by atoms with van der Waals surface area (Å²) in [5.41, 5.74) is 7.31. The van der Waals surface area contributed by atoms with Gasteiger partial charge < -0.3 is 16.0 Å². The van der Waals surface area contributed by atoms with Gasteiger partial charge >= 0.3 is 0 Å². The molecule has 0 aliphatic carbocycles. The molecule has 3 N–H and O–H groups in total. The Bertz CT molecular complexity index is 528. The number of nitrogens with one attached hydrogen (secondary N) is 1. The van der Waals surface area contributed by atoms with Crippen LogP contribution in [0.3, 0.4) is 0 Å². The van der Waals surface area contributed by atoms with Crippen molar-refractivity contribution < 1.29 is 9.59 Å². The zero-order valence-corrected chi connectivity index (χ0v) is 12.6. The Balaban J connectivity index is 2.13. The molecule has 0 spiro atoms. The molecular formula is C16H23N3O2. The summed E-state index contributed by atoms with van der Waals surface area (Å²) in [6, 6.07) is 6.83. The predicted octanol–water partition coefficient (Wildman–Crippen LogP) is 2.13. The van der Waals surface area contributed by atoms with Crippen LogP contribution in [0.1, 0.15) is 33.1 Å². The maximum atomic E-state index is 12.2. The van der Waals surface area contributed by atoms with Gasteiger partial charge in [0.2, 0.25) is 11.8 Å². The molecule has 5 nitrogen and oxygen atoms in total.